The van der Waals surface area contributed by atoms with Gasteiger partial charge in [-0.2, -0.15) is 0 Å². The van der Waals surface area contributed by atoms with Gasteiger partial charge in [0.05, 0.1) is 33.2 Å². The number of anilines is 1. The summed E-state index contributed by atoms with van der Waals surface area (Å²) >= 11 is 7.49. The van der Waals surface area contributed by atoms with Crippen LogP contribution in [-0.2, 0) is 11.3 Å². The van der Waals surface area contributed by atoms with Gasteiger partial charge in [0.1, 0.15) is 0 Å². The Morgan fingerprint density at radius 3 is 2.38 bits per heavy atom. The van der Waals surface area contributed by atoms with Crippen molar-refractivity contribution in [3.63, 3.8) is 0 Å². The van der Waals surface area contributed by atoms with E-state index in [4.69, 9.17) is 21.6 Å². The maximum absolute atomic E-state index is 14.1. The van der Waals surface area contributed by atoms with E-state index in [0.717, 1.165) is 41.2 Å². The summed E-state index contributed by atoms with van der Waals surface area (Å²) in [6, 6.07) is 9.96. The van der Waals surface area contributed by atoms with E-state index in [-0.39, 0.29) is 29.8 Å². The van der Waals surface area contributed by atoms with Gasteiger partial charge in [-0.3, -0.25) is 14.7 Å². The summed E-state index contributed by atoms with van der Waals surface area (Å²) in [6.45, 7) is 24.0. The number of amides is 1. The molecule has 48 heavy (non-hydrogen) atoms. The van der Waals surface area contributed by atoms with Crippen molar-refractivity contribution in [3.05, 3.63) is 87.7 Å². The predicted octanol–water partition coefficient (Wildman–Crippen LogP) is 7.20. The minimum Gasteiger partial charge on any atom is -0.363 e. The lowest BCUT2D eigenvalue weighted by Crippen LogP contribution is -2.58. The number of fused-ring (bicyclic) bond motifs is 1. The van der Waals surface area contributed by atoms with Crippen molar-refractivity contribution in [1.29, 1.82) is 0 Å². The fourth-order valence-electron chi connectivity index (χ4n) is 6.86. The van der Waals surface area contributed by atoms with Crippen molar-refractivity contribution >= 4 is 34.2 Å². The van der Waals surface area contributed by atoms with Gasteiger partial charge in [-0.15, -0.1) is 0 Å². The van der Waals surface area contributed by atoms with Crippen LogP contribution in [0.3, 0.4) is 0 Å². The lowest BCUT2D eigenvalue weighted by atomic mass is 9.94. The zero-order chi connectivity index (χ0) is 34.9. The summed E-state index contributed by atoms with van der Waals surface area (Å²) in [5.74, 6) is 0.139. The Labute approximate surface area is 289 Å². The van der Waals surface area contributed by atoms with Crippen LogP contribution in [0, 0.1) is 0 Å². The molecule has 4 heterocycles. The number of carbonyl (C=O) groups excluding carboxylic acids is 1. The van der Waals surface area contributed by atoms with Gasteiger partial charge < -0.3 is 9.80 Å². The number of aromatic nitrogens is 4. The summed E-state index contributed by atoms with van der Waals surface area (Å²) in [4.78, 5) is 47.8. The normalized spacial score (nSPS) is 16.8. The second kappa shape index (κ2) is 14.6. The van der Waals surface area contributed by atoms with E-state index in [1.54, 1.807) is 10.8 Å². The molecule has 3 aromatic heterocycles. The number of carbonyl (C=O) groups is 1. The Kier molecular flexibility index (Phi) is 10.7. The Morgan fingerprint density at radius 2 is 1.73 bits per heavy atom. The summed E-state index contributed by atoms with van der Waals surface area (Å²) in [5, 5.41) is 1.16. The van der Waals surface area contributed by atoms with Crippen LogP contribution in [0.1, 0.15) is 84.0 Å². The number of pyridine rings is 2. The molecular weight excluding hydrogens is 622 g/mol. The van der Waals surface area contributed by atoms with E-state index in [0.29, 0.717) is 47.1 Å². The van der Waals surface area contributed by atoms with Crippen molar-refractivity contribution < 1.29 is 4.79 Å². The molecule has 1 saturated heterocycles. The van der Waals surface area contributed by atoms with Crippen molar-refractivity contribution in [1.82, 2.24) is 29.3 Å². The molecule has 254 valence electrons. The Balaban J connectivity index is 1.90. The highest BCUT2D eigenvalue weighted by molar-refractivity contribution is 6.37. The highest BCUT2D eigenvalue weighted by Gasteiger charge is 2.35. The molecule has 4 aromatic rings. The van der Waals surface area contributed by atoms with Crippen LogP contribution in [0.15, 0.2) is 60.2 Å². The van der Waals surface area contributed by atoms with Crippen LogP contribution < -0.4 is 10.6 Å². The van der Waals surface area contributed by atoms with Crippen LogP contribution in [0.2, 0.25) is 5.02 Å². The summed E-state index contributed by atoms with van der Waals surface area (Å²) in [5.41, 5.74) is 5.93. The number of hydrogen-bond acceptors (Lipinski definition) is 7. The molecule has 1 aromatic carbocycles. The monoisotopic (exact) mass is 669 g/mol. The standard InChI is InChI=1S/C38H48ClN7O2/c1-10-31(47)44-20-26(9)45(21-25(44)8)36-30-19-41-38(48)46(35-27(22-43(11-2)12-3)17-18-40-33(35)24(6)7)37(30)42-34(32(36)39)29-16-14-13-15-28(29)23(4)5/h10,13-19,23-26H,1,11-12,20-22H2,2-9H3/t25-,26+/m1/s1. The third kappa shape index (κ3) is 6.50. The summed E-state index contributed by atoms with van der Waals surface area (Å²) in [6.07, 6.45) is 4.80. The molecule has 0 unspecified atom stereocenters. The molecule has 9 nitrogen and oxygen atoms in total. The minimum atomic E-state index is -0.426. The first-order valence-electron chi connectivity index (χ1n) is 17.0. The molecule has 2 atom stereocenters. The van der Waals surface area contributed by atoms with E-state index in [1.807, 2.05) is 42.3 Å². The number of nitrogens with zero attached hydrogens (tertiary/aromatic N) is 7. The second-order valence-electron chi connectivity index (χ2n) is 13.3. The smallest absolute Gasteiger partial charge is 0.353 e. The van der Waals surface area contributed by atoms with E-state index < -0.39 is 5.69 Å². The topological polar surface area (TPSA) is 87.5 Å². The molecule has 0 bridgehead atoms. The van der Waals surface area contributed by atoms with Gasteiger partial charge in [0.25, 0.3) is 0 Å². The first kappa shape index (κ1) is 35.2. The molecule has 0 spiro atoms. The molecule has 0 N–H and O–H groups in total. The van der Waals surface area contributed by atoms with E-state index in [2.05, 4.69) is 75.9 Å². The molecule has 0 aliphatic carbocycles. The minimum absolute atomic E-state index is 0.0306. The molecule has 1 amide bonds. The number of halogens is 1. The second-order valence-corrected chi connectivity index (χ2v) is 13.7. The molecule has 0 saturated carbocycles. The van der Waals surface area contributed by atoms with Crippen molar-refractivity contribution in [2.24, 2.45) is 0 Å². The molecule has 5 rings (SSSR count). The van der Waals surface area contributed by atoms with Crippen LogP contribution in [0.5, 0.6) is 0 Å². The molecule has 1 fully saturated rings. The Hall–Kier alpha value is -4.08. The first-order valence-corrected chi connectivity index (χ1v) is 17.4. The number of rotatable bonds is 10. The quantitative estimate of drug-likeness (QED) is 0.165. The molecule has 10 heteroatoms. The molecule has 1 aliphatic heterocycles. The average molecular weight is 670 g/mol. The number of hydrogen-bond donors (Lipinski definition) is 0. The van der Waals surface area contributed by atoms with E-state index >= 15 is 0 Å². The Bertz CT molecular complexity index is 1880. The molecular formula is C38H48ClN7O2. The van der Waals surface area contributed by atoms with Crippen LogP contribution >= 0.6 is 11.6 Å². The molecule has 0 radical (unpaired) electrons. The van der Waals surface area contributed by atoms with Gasteiger partial charge >= 0.3 is 5.69 Å². The zero-order valence-electron chi connectivity index (χ0n) is 29.5. The highest BCUT2D eigenvalue weighted by atomic mass is 35.5. The van der Waals surface area contributed by atoms with Crippen molar-refractivity contribution in [3.8, 4) is 16.9 Å². The lowest BCUT2D eigenvalue weighted by molar-refractivity contribution is -0.128. The Morgan fingerprint density at radius 1 is 1.02 bits per heavy atom. The fraction of sp³-hybridized carbons (Fsp3) is 0.447. The summed E-state index contributed by atoms with van der Waals surface area (Å²) < 4.78 is 1.66. The van der Waals surface area contributed by atoms with Crippen LogP contribution in [0.4, 0.5) is 5.69 Å². The predicted molar refractivity (Wildman–Crippen MR) is 196 cm³/mol. The maximum Gasteiger partial charge on any atom is 0.353 e. The van der Waals surface area contributed by atoms with Gasteiger partial charge in [-0.05, 0) is 62.0 Å². The molecule has 1 aliphatic rings. The van der Waals surface area contributed by atoms with Crippen LogP contribution in [0.25, 0.3) is 28.0 Å². The van der Waals surface area contributed by atoms with E-state index in [1.165, 1.54) is 6.08 Å². The first-order chi connectivity index (χ1) is 22.9. The summed E-state index contributed by atoms with van der Waals surface area (Å²) in [7, 11) is 0. The van der Waals surface area contributed by atoms with E-state index in [9.17, 15) is 9.59 Å². The van der Waals surface area contributed by atoms with Gasteiger partial charge in [0.2, 0.25) is 5.91 Å². The third-order valence-electron chi connectivity index (χ3n) is 9.50. The number of piperazine rings is 1. The highest BCUT2D eigenvalue weighted by Crippen LogP contribution is 2.43. The zero-order valence-corrected chi connectivity index (χ0v) is 30.3. The van der Waals surface area contributed by atoms with Gasteiger partial charge in [0.15, 0.2) is 5.65 Å². The lowest BCUT2D eigenvalue weighted by Gasteiger charge is -2.45. The SMILES string of the molecule is C=CC(=O)N1C[C@H](C)N(c2c(Cl)c(-c3ccccc3C(C)C)nc3c2cnc(=O)n3-c2c(CN(CC)CC)ccnc2C(C)C)C[C@H]1C. The number of benzene rings is 1. The van der Waals surface area contributed by atoms with Crippen molar-refractivity contribution in [2.75, 3.05) is 31.1 Å². The van der Waals surface area contributed by atoms with Crippen LogP contribution in [-0.4, -0.2) is 73.5 Å². The van der Waals surface area contributed by atoms with Gasteiger partial charge in [0, 0.05) is 49.7 Å². The van der Waals surface area contributed by atoms with Crippen molar-refractivity contribution in [2.45, 2.75) is 85.9 Å². The van der Waals surface area contributed by atoms with Gasteiger partial charge in [-0.1, -0.05) is 84.0 Å². The average Bonchev–Trinajstić information content (AvgIpc) is 3.07. The largest absolute Gasteiger partial charge is 0.363 e. The van der Waals surface area contributed by atoms with Gasteiger partial charge in [-0.25, -0.2) is 19.3 Å². The fourth-order valence-corrected chi connectivity index (χ4v) is 7.21. The maximum atomic E-state index is 14.1. The third-order valence-corrected chi connectivity index (χ3v) is 9.86.